The minimum Gasteiger partial charge on any atom is -0.488 e. The summed E-state index contributed by atoms with van der Waals surface area (Å²) in [6, 6.07) is 16.8. The molecule has 236 valence electrons. The van der Waals surface area contributed by atoms with Gasteiger partial charge in [0.2, 0.25) is 21.0 Å². The molecule has 0 bridgehead atoms. The van der Waals surface area contributed by atoms with Crippen molar-refractivity contribution in [2.24, 2.45) is 11.1 Å². The fourth-order valence-electron chi connectivity index (χ4n) is 5.18. The van der Waals surface area contributed by atoms with E-state index in [-0.39, 0.29) is 45.2 Å². The van der Waals surface area contributed by atoms with Crippen LogP contribution in [0.4, 0.5) is 5.69 Å². The molecule has 0 aromatic heterocycles. The van der Waals surface area contributed by atoms with Crippen molar-refractivity contribution in [2.45, 2.75) is 36.6 Å². The molecule has 2 amide bonds. The minimum absolute atomic E-state index is 0.0400. The molecule has 45 heavy (non-hydrogen) atoms. The van der Waals surface area contributed by atoms with E-state index in [0.717, 1.165) is 17.8 Å². The quantitative estimate of drug-likeness (QED) is 0.262. The van der Waals surface area contributed by atoms with Gasteiger partial charge in [0, 0.05) is 23.7 Å². The van der Waals surface area contributed by atoms with E-state index in [9.17, 15) is 32.7 Å². The van der Waals surface area contributed by atoms with Gasteiger partial charge in [-0.05, 0) is 29.8 Å². The lowest BCUT2D eigenvalue weighted by Crippen LogP contribution is -2.43. The van der Waals surface area contributed by atoms with Crippen LogP contribution in [0.15, 0.2) is 71.6 Å². The molecule has 1 fully saturated rings. The van der Waals surface area contributed by atoms with Gasteiger partial charge in [0.1, 0.15) is 29.0 Å². The Hall–Kier alpha value is -4.11. The van der Waals surface area contributed by atoms with Gasteiger partial charge in [0.25, 0.3) is 5.91 Å². The van der Waals surface area contributed by atoms with E-state index in [2.05, 4.69) is 10.6 Å². The zero-order valence-electron chi connectivity index (χ0n) is 23.8. The number of primary sulfonamides is 1. The zero-order valence-corrected chi connectivity index (χ0v) is 26.2. The molecule has 3 aromatic rings. The van der Waals surface area contributed by atoms with Crippen LogP contribution < -0.4 is 20.5 Å². The van der Waals surface area contributed by atoms with Crippen molar-refractivity contribution in [1.29, 1.82) is 0 Å². The number of benzene rings is 3. The third kappa shape index (κ3) is 7.25. The van der Waals surface area contributed by atoms with Gasteiger partial charge in [-0.25, -0.2) is 18.4 Å². The van der Waals surface area contributed by atoms with Gasteiger partial charge >= 0.3 is 5.97 Å². The lowest BCUT2D eigenvalue weighted by molar-refractivity contribution is -0.149. The van der Waals surface area contributed by atoms with E-state index in [1.54, 1.807) is 61.5 Å². The third-order valence-electron chi connectivity index (χ3n) is 7.42. The average Bonchev–Trinajstić information content (AvgIpc) is 3.43. The second-order valence-corrected chi connectivity index (χ2v) is 13.6. The van der Waals surface area contributed by atoms with E-state index < -0.39 is 46.1 Å². The minimum atomic E-state index is -4.15. The molecule has 1 saturated heterocycles. The van der Waals surface area contributed by atoms with Gasteiger partial charge in [0.15, 0.2) is 0 Å². The Balaban J connectivity index is 1.25. The molecule has 0 spiro atoms. The lowest BCUT2D eigenvalue weighted by atomic mass is 10.1. The standard InChI is InChI=1S/C30H29ClN4O8S2/c1-16(15-44-30(40)17-6-3-2-4-7-17)28(37)35-14-20(11-24(35)29(38)39)43-19-9-5-8-18(10-19)26-33-23-13-22(31)25(45(32,41)42)12-21(23)27(36)34-26/h2-10,12-13,16,20,24,26,33H,11,14-15H2,1H3,(H,34,36)(H,38,39)(H2,32,41,42)/t16?,20?,24-,26?/m0/s1. The first-order valence-electron chi connectivity index (χ1n) is 13.8. The first-order valence-corrected chi connectivity index (χ1v) is 16.7. The Labute approximate surface area is 268 Å². The highest BCUT2D eigenvalue weighted by Crippen LogP contribution is 2.34. The molecule has 2 aliphatic heterocycles. The summed E-state index contributed by atoms with van der Waals surface area (Å²) >= 11 is 7.13. The Morgan fingerprint density at radius 3 is 2.53 bits per heavy atom. The number of sulfonamides is 1. The number of ether oxygens (including phenoxy) is 1. The molecule has 0 aliphatic carbocycles. The highest BCUT2D eigenvalue weighted by molar-refractivity contribution is 8.14. The number of nitrogens with two attached hydrogens (primary N) is 1. The number of halogens is 1. The molecule has 4 atom stereocenters. The number of hydrogen-bond donors (Lipinski definition) is 4. The summed E-state index contributed by atoms with van der Waals surface area (Å²) < 4.78 is 29.8. The van der Waals surface area contributed by atoms with Gasteiger partial charge in [-0.3, -0.25) is 14.4 Å². The largest absolute Gasteiger partial charge is 0.488 e. The number of aliphatic carboxylic acids is 1. The van der Waals surface area contributed by atoms with E-state index in [1.807, 2.05) is 0 Å². The van der Waals surface area contributed by atoms with Crippen LogP contribution in [0.25, 0.3) is 0 Å². The first kappa shape index (κ1) is 32.3. The predicted octanol–water partition coefficient (Wildman–Crippen LogP) is 3.48. The summed E-state index contributed by atoms with van der Waals surface area (Å²) in [4.78, 5) is 51.6. The van der Waals surface area contributed by atoms with Crippen LogP contribution in [0.3, 0.4) is 0 Å². The highest BCUT2D eigenvalue weighted by atomic mass is 35.5. The number of carbonyl (C=O) groups excluding carboxylic acids is 3. The number of anilines is 1. The maximum atomic E-state index is 13.3. The van der Waals surface area contributed by atoms with Gasteiger partial charge in [-0.2, -0.15) is 0 Å². The molecule has 15 heteroatoms. The van der Waals surface area contributed by atoms with Crippen molar-refractivity contribution in [3.05, 3.63) is 88.4 Å². The smallest absolute Gasteiger partial charge is 0.326 e. The number of rotatable bonds is 9. The van der Waals surface area contributed by atoms with Crippen LogP contribution in [-0.4, -0.2) is 65.8 Å². The fraction of sp³-hybridized carbons (Fsp3) is 0.267. The van der Waals surface area contributed by atoms with Gasteiger partial charge < -0.3 is 25.4 Å². The Morgan fingerprint density at radius 2 is 1.84 bits per heavy atom. The summed E-state index contributed by atoms with van der Waals surface area (Å²) in [6.45, 7) is 1.70. The first-order chi connectivity index (χ1) is 21.3. The van der Waals surface area contributed by atoms with Crippen LogP contribution in [0.2, 0.25) is 5.02 Å². The molecule has 2 aliphatic rings. The number of nitrogens with zero attached hydrogens (tertiary/aromatic N) is 1. The summed E-state index contributed by atoms with van der Waals surface area (Å²) in [7, 11) is -4.15. The SMILES string of the molecule is CC(CSC(=O)c1ccccc1)C(=O)N1CC(Oc2cccc(C3NC(=O)c4cc(S(N)(=O)=O)c(Cl)cc4N3)c2)C[C@H]1C(=O)O. The summed E-state index contributed by atoms with van der Waals surface area (Å²) in [5.41, 5.74) is 1.47. The number of thioether (sulfide) groups is 1. The molecule has 0 radical (unpaired) electrons. The molecule has 3 unspecified atom stereocenters. The van der Waals surface area contributed by atoms with Crippen LogP contribution in [0, 0.1) is 5.92 Å². The molecular weight excluding hydrogens is 644 g/mol. The van der Waals surface area contributed by atoms with E-state index in [1.165, 1.54) is 11.0 Å². The summed E-state index contributed by atoms with van der Waals surface area (Å²) in [5, 5.41) is 20.6. The van der Waals surface area contributed by atoms with Crippen LogP contribution in [0.1, 0.15) is 45.8 Å². The molecule has 0 saturated carbocycles. The number of amides is 2. The van der Waals surface area contributed by atoms with E-state index >= 15 is 0 Å². The van der Waals surface area contributed by atoms with E-state index in [0.29, 0.717) is 22.6 Å². The number of likely N-dealkylation sites (tertiary alicyclic amines) is 1. The molecule has 5 rings (SSSR count). The topological polar surface area (TPSA) is 185 Å². The van der Waals surface area contributed by atoms with Crippen molar-refractivity contribution in [3.8, 4) is 5.75 Å². The number of nitrogens with one attached hydrogen (secondary N) is 2. The fourth-order valence-corrected chi connectivity index (χ4v) is 7.12. The second-order valence-electron chi connectivity index (χ2n) is 10.7. The Bertz CT molecular complexity index is 1770. The van der Waals surface area contributed by atoms with Crippen molar-refractivity contribution >= 4 is 62.0 Å². The lowest BCUT2D eigenvalue weighted by Gasteiger charge is -2.29. The van der Waals surface area contributed by atoms with Crippen molar-refractivity contribution in [3.63, 3.8) is 0 Å². The molecule has 2 heterocycles. The maximum absolute atomic E-state index is 13.3. The highest BCUT2D eigenvalue weighted by Gasteiger charge is 2.42. The van der Waals surface area contributed by atoms with Gasteiger partial charge in [-0.1, -0.05) is 72.8 Å². The van der Waals surface area contributed by atoms with Gasteiger partial charge in [0.05, 0.1) is 22.8 Å². The monoisotopic (exact) mass is 672 g/mol. The predicted molar refractivity (Wildman–Crippen MR) is 168 cm³/mol. The van der Waals surface area contributed by atoms with Crippen LogP contribution in [-0.2, 0) is 19.6 Å². The van der Waals surface area contributed by atoms with Crippen LogP contribution in [0.5, 0.6) is 5.75 Å². The average molecular weight is 673 g/mol. The number of carbonyl (C=O) groups is 4. The molecule has 5 N–H and O–H groups in total. The maximum Gasteiger partial charge on any atom is 0.326 e. The normalized spacial score (nSPS) is 20.0. The molecule has 3 aromatic carbocycles. The zero-order chi connectivity index (χ0) is 32.5. The van der Waals surface area contributed by atoms with Crippen molar-refractivity contribution in [2.75, 3.05) is 17.6 Å². The second kappa shape index (κ2) is 13.1. The Morgan fingerprint density at radius 1 is 1.11 bits per heavy atom. The summed E-state index contributed by atoms with van der Waals surface area (Å²) in [6.07, 6.45) is -1.29. The number of hydrogen-bond acceptors (Lipinski definition) is 9. The van der Waals surface area contributed by atoms with Crippen molar-refractivity contribution < 1.29 is 37.4 Å². The van der Waals surface area contributed by atoms with Crippen molar-refractivity contribution in [1.82, 2.24) is 10.2 Å². The molecule has 12 nitrogen and oxygen atoms in total. The van der Waals surface area contributed by atoms with Crippen LogP contribution >= 0.6 is 23.4 Å². The molecular formula is C30H29ClN4O8S2. The van der Waals surface area contributed by atoms with E-state index in [4.69, 9.17) is 21.5 Å². The Kier molecular flexibility index (Phi) is 9.39. The number of carboxylic acid groups (broad SMARTS) is 1. The third-order valence-corrected chi connectivity index (χ3v) is 9.96. The number of carboxylic acids is 1. The van der Waals surface area contributed by atoms with Gasteiger partial charge in [-0.15, -0.1) is 0 Å². The number of fused-ring (bicyclic) bond motifs is 1. The summed E-state index contributed by atoms with van der Waals surface area (Å²) in [5.74, 6) is -2.11.